The van der Waals surface area contributed by atoms with Gasteiger partial charge in [0.25, 0.3) is 5.91 Å². The lowest BCUT2D eigenvalue weighted by atomic mass is 10.1. The third kappa shape index (κ3) is 5.06. The molecule has 0 saturated carbocycles. The highest BCUT2D eigenvalue weighted by Crippen LogP contribution is 2.18. The average molecular weight is 343 g/mol. The third-order valence-electron chi connectivity index (χ3n) is 4.16. The molecule has 1 aromatic rings. The van der Waals surface area contributed by atoms with Crippen molar-refractivity contribution in [1.82, 2.24) is 20.5 Å². The van der Waals surface area contributed by atoms with Crippen LogP contribution in [0.15, 0.2) is 0 Å². The fraction of sp³-hybridized carbons (Fsp3) is 0.625. The van der Waals surface area contributed by atoms with Gasteiger partial charge in [0.1, 0.15) is 5.69 Å². The summed E-state index contributed by atoms with van der Waals surface area (Å²) in [4.78, 5) is 29.3. The number of H-pyrrole nitrogens is 1. The molecule has 1 aliphatic heterocycles. The molecular formula is C16H27ClN4O2. The van der Waals surface area contributed by atoms with Gasteiger partial charge in [0.05, 0.1) is 0 Å². The van der Waals surface area contributed by atoms with Gasteiger partial charge in [0.15, 0.2) is 5.78 Å². The summed E-state index contributed by atoms with van der Waals surface area (Å²) in [6, 6.07) is 0. The van der Waals surface area contributed by atoms with Crippen LogP contribution in [0.5, 0.6) is 0 Å². The summed E-state index contributed by atoms with van der Waals surface area (Å²) in [5.74, 6) is -0.141. The van der Waals surface area contributed by atoms with E-state index in [2.05, 4.69) is 20.5 Å². The van der Waals surface area contributed by atoms with E-state index in [-0.39, 0.29) is 24.1 Å². The van der Waals surface area contributed by atoms with Crippen LogP contribution in [0.2, 0.25) is 0 Å². The minimum atomic E-state index is -0.131. The van der Waals surface area contributed by atoms with Crippen LogP contribution in [0.3, 0.4) is 0 Å². The van der Waals surface area contributed by atoms with Crippen LogP contribution in [0.1, 0.15) is 45.4 Å². The molecular weight excluding hydrogens is 316 g/mol. The predicted octanol–water partition coefficient (Wildman–Crippen LogP) is 1.28. The average Bonchev–Trinajstić information content (AvgIpc) is 2.79. The van der Waals surface area contributed by atoms with E-state index in [9.17, 15) is 9.59 Å². The number of aromatic amines is 1. The van der Waals surface area contributed by atoms with E-state index in [0.29, 0.717) is 17.8 Å². The molecule has 0 unspecified atom stereocenters. The SMILES string of the molecule is CC(=O)c1c(C)[nH]c(C(=O)NCCCN2CCNCC2)c1C.Cl. The lowest BCUT2D eigenvalue weighted by molar-refractivity contribution is 0.0946. The van der Waals surface area contributed by atoms with Gasteiger partial charge in [-0.1, -0.05) is 0 Å². The molecule has 23 heavy (non-hydrogen) atoms. The maximum atomic E-state index is 12.2. The molecule has 0 bridgehead atoms. The first-order chi connectivity index (χ1) is 10.5. The molecule has 3 N–H and O–H groups in total. The number of ketones is 1. The minimum absolute atomic E-state index is 0. The Morgan fingerprint density at radius 2 is 1.87 bits per heavy atom. The molecule has 6 nitrogen and oxygen atoms in total. The number of amides is 1. The number of hydrogen-bond acceptors (Lipinski definition) is 4. The van der Waals surface area contributed by atoms with Crippen LogP contribution in [-0.4, -0.2) is 60.8 Å². The lowest BCUT2D eigenvalue weighted by Crippen LogP contribution is -2.44. The molecule has 1 fully saturated rings. The quantitative estimate of drug-likeness (QED) is 0.537. The first kappa shape index (κ1) is 19.7. The van der Waals surface area contributed by atoms with E-state index in [1.807, 2.05) is 13.8 Å². The van der Waals surface area contributed by atoms with Gasteiger partial charge in [-0.15, -0.1) is 12.4 Å². The van der Waals surface area contributed by atoms with E-state index in [1.165, 1.54) is 6.92 Å². The number of piperazine rings is 1. The molecule has 0 radical (unpaired) electrons. The molecule has 1 aliphatic rings. The number of nitrogens with zero attached hydrogens (tertiary/aromatic N) is 1. The van der Waals surface area contributed by atoms with E-state index >= 15 is 0 Å². The number of aryl methyl sites for hydroxylation is 1. The number of carbonyl (C=O) groups excluding carboxylic acids is 2. The molecule has 2 rings (SSSR count). The van der Waals surface area contributed by atoms with E-state index < -0.39 is 0 Å². The Bertz CT molecular complexity index is 551. The van der Waals surface area contributed by atoms with E-state index in [4.69, 9.17) is 0 Å². The molecule has 1 saturated heterocycles. The Hall–Kier alpha value is -1.37. The van der Waals surface area contributed by atoms with Gasteiger partial charge in [-0.05, 0) is 39.3 Å². The van der Waals surface area contributed by atoms with Crippen molar-refractivity contribution in [3.05, 3.63) is 22.5 Å². The molecule has 1 amide bonds. The maximum absolute atomic E-state index is 12.2. The van der Waals surface area contributed by atoms with Crippen molar-refractivity contribution >= 4 is 24.1 Å². The number of Topliss-reactive ketones (excluding diaryl/α,β-unsaturated/α-hetero) is 1. The molecule has 2 heterocycles. The molecule has 1 aromatic heterocycles. The summed E-state index contributed by atoms with van der Waals surface area (Å²) >= 11 is 0. The molecule has 0 spiro atoms. The minimum Gasteiger partial charge on any atom is -0.354 e. The fourth-order valence-electron chi connectivity index (χ4n) is 3.03. The summed E-state index contributed by atoms with van der Waals surface area (Å²) in [6.45, 7) is 11.1. The van der Waals surface area contributed by atoms with Crippen LogP contribution in [0, 0.1) is 13.8 Å². The van der Waals surface area contributed by atoms with Crippen LogP contribution in [0.25, 0.3) is 0 Å². The standard InChI is InChI=1S/C16H26N4O2.ClH/c1-11-14(13(3)21)12(2)19-15(11)16(22)18-5-4-8-20-9-6-17-7-10-20;/h17,19H,4-10H2,1-3H3,(H,18,22);1H. The highest BCUT2D eigenvalue weighted by Gasteiger charge is 2.19. The van der Waals surface area contributed by atoms with Gasteiger partial charge in [-0.25, -0.2) is 0 Å². The summed E-state index contributed by atoms with van der Waals surface area (Å²) in [5, 5.41) is 6.26. The summed E-state index contributed by atoms with van der Waals surface area (Å²) in [7, 11) is 0. The largest absolute Gasteiger partial charge is 0.354 e. The normalized spacial score (nSPS) is 15.1. The Balaban J connectivity index is 0.00000264. The summed E-state index contributed by atoms with van der Waals surface area (Å²) in [5.41, 5.74) is 2.64. The van der Waals surface area contributed by atoms with E-state index in [0.717, 1.165) is 50.4 Å². The third-order valence-corrected chi connectivity index (χ3v) is 4.16. The Kier molecular flexibility index (Phi) is 7.75. The van der Waals surface area contributed by atoms with Crippen molar-refractivity contribution < 1.29 is 9.59 Å². The van der Waals surface area contributed by atoms with Crippen molar-refractivity contribution in [3.8, 4) is 0 Å². The molecule has 130 valence electrons. The molecule has 0 atom stereocenters. The van der Waals surface area contributed by atoms with Crippen LogP contribution in [-0.2, 0) is 0 Å². The zero-order valence-corrected chi connectivity index (χ0v) is 14.9. The highest BCUT2D eigenvalue weighted by atomic mass is 35.5. The van der Waals surface area contributed by atoms with Crippen molar-refractivity contribution in [2.45, 2.75) is 27.2 Å². The fourth-order valence-corrected chi connectivity index (χ4v) is 3.03. The topological polar surface area (TPSA) is 77.2 Å². The zero-order valence-electron chi connectivity index (χ0n) is 14.1. The monoisotopic (exact) mass is 342 g/mol. The van der Waals surface area contributed by atoms with Crippen LogP contribution >= 0.6 is 12.4 Å². The van der Waals surface area contributed by atoms with Crippen LogP contribution in [0.4, 0.5) is 0 Å². The zero-order chi connectivity index (χ0) is 16.1. The predicted molar refractivity (Wildman–Crippen MR) is 93.8 cm³/mol. The molecule has 7 heteroatoms. The van der Waals surface area contributed by atoms with Crippen molar-refractivity contribution in [2.24, 2.45) is 0 Å². The van der Waals surface area contributed by atoms with Gasteiger partial charge in [-0.2, -0.15) is 0 Å². The van der Waals surface area contributed by atoms with Crippen molar-refractivity contribution in [2.75, 3.05) is 39.3 Å². The van der Waals surface area contributed by atoms with Crippen LogP contribution < -0.4 is 10.6 Å². The van der Waals surface area contributed by atoms with Gasteiger partial charge in [0.2, 0.25) is 0 Å². The summed E-state index contributed by atoms with van der Waals surface area (Å²) < 4.78 is 0. The second kappa shape index (κ2) is 9.05. The first-order valence-corrected chi connectivity index (χ1v) is 7.92. The Morgan fingerprint density at radius 1 is 1.22 bits per heavy atom. The number of carbonyl (C=O) groups is 2. The second-order valence-corrected chi connectivity index (χ2v) is 5.88. The summed E-state index contributed by atoms with van der Waals surface area (Å²) in [6.07, 6.45) is 0.935. The molecule has 0 aliphatic carbocycles. The Morgan fingerprint density at radius 3 is 2.43 bits per heavy atom. The van der Waals surface area contributed by atoms with Crippen molar-refractivity contribution in [1.29, 1.82) is 0 Å². The smallest absolute Gasteiger partial charge is 0.268 e. The Labute approximate surface area is 143 Å². The number of nitrogens with one attached hydrogen (secondary N) is 3. The molecule has 0 aromatic carbocycles. The van der Waals surface area contributed by atoms with Gasteiger partial charge in [0, 0.05) is 44.0 Å². The maximum Gasteiger partial charge on any atom is 0.268 e. The highest BCUT2D eigenvalue weighted by molar-refractivity contribution is 6.02. The lowest BCUT2D eigenvalue weighted by Gasteiger charge is -2.27. The van der Waals surface area contributed by atoms with E-state index in [1.54, 1.807) is 0 Å². The number of hydrogen-bond donors (Lipinski definition) is 3. The second-order valence-electron chi connectivity index (χ2n) is 5.88. The number of aromatic nitrogens is 1. The number of halogens is 1. The van der Waals surface area contributed by atoms with Gasteiger partial charge >= 0.3 is 0 Å². The van der Waals surface area contributed by atoms with Gasteiger partial charge in [-0.3, -0.25) is 9.59 Å². The van der Waals surface area contributed by atoms with Gasteiger partial charge < -0.3 is 20.5 Å². The number of rotatable bonds is 6. The van der Waals surface area contributed by atoms with Crippen molar-refractivity contribution in [3.63, 3.8) is 0 Å². The first-order valence-electron chi connectivity index (χ1n) is 7.92.